The molecule has 1 saturated carbocycles. The topological polar surface area (TPSA) is 68.3 Å². The van der Waals surface area contributed by atoms with Crippen LogP contribution in [0.1, 0.15) is 12.0 Å². The van der Waals surface area contributed by atoms with Gasteiger partial charge < -0.3 is 10.1 Å². The van der Waals surface area contributed by atoms with Crippen LogP contribution in [0.5, 0.6) is 0 Å². The van der Waals surface area contributed by atoms with Gasteiger partial charge in [0.05, 0.1) is 29.2 Å². The van der Waals surface area contributed by atoms with Crippen molar-refractivity contribution in [3.63, 3.8) is 0 Å². The Hall–Kier alpha value is -2.80. The summed E-state index contributed by atoms with van der Waals surface area (Å²) in [7, 11) is 1.32. The number of hydrogen-bond acceptors (Lipinski definition) is 5. The molecule has 0 unspecified atom stereocenters. The van der Waals surface area contributed by atoms with E-state index in [9.17, 15) is 14.0 Å². The highest BCUT2D eigenvalue weighted by Crippen LogP contribution is 2.41. The number of amides is 1. The summed E-state index contributed by atoms with van der Waals surface area (Å²) in [6.07, 6.45) is 0.500. The summed E-state index contributed by atoms with van der Waals surface area (Å²) in [6.45, 7) is 1.86. The Labute approximate surface area is 159 Å². The molecule has 1 fully saturated rings. The fraction of sp³-hybridized carbons (Fsp3) is 0.250. The number of carbonyl (C=O) groups is 2. The Bertz CT molecular complexity index is 1040. The van der Waals surface area contributed by atoms with Crippen LogP contribution in [0.2, 0.25) is 0 Å². The normalized spacial score (nSPS) is 18.3. The second-order valence-corrected chi connectivity index (χ2v) is 7.63. The number of aromatic nitrogens is 1. The lowest BCUT2D eigenvalue weighted by Crippen LogP contribution is -2.17. The number of ether oxygens (including phenoxy) is 1. The van der Waals surface area contributed by atoms with E-state index in [0.717, 1.165) is 15.8 Å². The third kappa shape index (κ3) is 3.30. The van der Waals surface area contributed by atoms with E-state index in [1.54, 1.807) is 6.07 Å². The lowest BCUT2D eigenvalue weighted by molar-refractivity contribution is -0.143. The predicted octanol–water partition coefficient (Wildman–Crippen LogP) is 4.16. The number of esters is 1. The third-order valence-corrected chi connectivity index (χ3v) is 5.71. The monoisotopic (exact) mass is 384 g/mol. The summed E-state index contributed by atoms with van der Waals surface area (Å²) in [4.78, 5) is 28.2. The SMILES string of the molecule is COC(=O)[C@@H]1C[C@@H]1C(=O)Nc1nc2cc(-c3c(C)cccc3F)ccc2s1. The van der Waals surface area contributed by atoms with Gasteiger partial charge in [-0.05, 0) is 42.7 Å². The molecule has 1 aromatic heterocycles. The molecular weight excluding hydrogens is 367 g/mol. The Morgan fingerprint density at radius 2 is 2.07 bits per heavy atom. The number of benzene rings is 2. The van der Waals surface area contributed by atoms with E-state index in [1.165, 1.54) is 24.5 Å². The molecule has 0 radical (unpaired) electrons. The highest BCUT2D eigenvalue weighted by atomic mass is 32.1. The van der Waals surface area contributed by atoms with Crippen LogP contribution in [0.4, 0.5) is 9.52 Å². The number of fused-ring (bicyclic) bond motifs is 1. The Kier molecular flexibility index (Phi) is 4.39. The van der Waals surface area contributed by atoms with Crippen LogP contribution in [-0.2, 0) is 14.3 Å². The van der Waals surface area contributed by atoms with Gasteiger partial charge in [-0.1, -0.05) is 29.5 Å². The molecule has 2 aromatic carbocycles. The average Bonchev–Trinajstić information content (AvgIpc) is 3.35. The van der Waals surface area contributed by atoms with Gasteiger partial charge in [-0.15, -0.1) is 0 Å². The molecule has 138 valence electrons. The minimum atomic E-state index is -0.361. The van der Waals surface area contributed by atoms with E-state index in [-0.39, 0.29) is 29.5 Å². The van der Waals surface area contributed by atoms with Crippen LogP contribution in [-0.4, -0.2) is 24.0 Å². The van der Waals surface area contributed by atoms with Gasteiger partial charge in [-0.2, -0.15) is 0 Å². The number of rotatable bonds is 4. The van der Waals surface area contributed by atoms with Crippen molar-refractivity contribution in [1.82, 2.24) is 4.98 Å². The van der Waals surface area contributed by atoms with Gasteiger partial charge in [0.15, 0.2) is 5.13 Å². The number of nitrogens with one attached hydrogen (secondary N) is 1. The molecule has 27 heavy (non-hydrogen) atoms. The van der Waals surface area contributed by atoms with Crippen LogP contribution in [0, 0.1) is 24.6 Å². The summed E-state index contributed by atoms with van der Waals surface area (Å²) in [5.41, 5.74) is 2.84. The number of aryl methyl sites for hydroxylation is 1. The number of halogens is 1. The lowest BCUT2D eigenvalue weighted by Gasteiger charge is -2.07. The van der Waals surface area contributed by atoms with Crippen molar-refractivity contribution < 1.29 is 18.7 Å². The van der Waals surface area contributed by atoms with Crippen LogP contribution in [0.3, 0.4) is 0 Å². The van der Waals surface area contributed by atoms with Gasteiger partial charge in [-0.25, -0.2) is 9.37 Å². The first-order valence-electron chi connectivity index (χ1n) is 8.52. The highest BCUT2D eigenvalue weighted by molar-refractivity contribution is 7.22. The van der Waals surface area contributed by atoms with Crippen LogP contribution < -0.4 is 5.32 Å². The number of methoxy groups -OCH3 is 1. The number of anilines is 1. The molecule has 1 aliphatic rings. The predicted molar refractivity (Wildman–Crippen MR) is 102 cm³/mol. The molecule has 7 heteroatoms. The largest absolute Gasteiger partial charge is 0.469 e. The minimum absolute atomic E-state index is 0.227. The molecular formula is C20H17FN2O3S. The summed E-state index contributed by atoms with van der Waals surface area (Å²) in [5.74, 6) is -1.58. The van der Waals surface area contributed by atoms with Gasteiger partial charge in [0, 0.05) is 5.56 Å². The van der Waals surface area contributed by atoms with Crippen molar-refractivity contribution in [2.75, 3.05) is 12.4 Å². The van der Waals surface area contributed by atoms with E-state index >= 15 is 0 Å². The van der Waals surface area contributed by atoms with E-state index in [0.29, 0.717) is 22.6 Å². The highest BCUT2D eigenvalue weighted by Gasteiger charge is 2.49. The molecule has 4 rings (SSSR count). The first-order valence-corrected chi connectivity index (χ1v) is 9.34. The summed E-state index contributed by atoms with van der Waals surface area (Å²) < 4.78 is 19.8. The molecule has 1 aliphatic carbocycles. The van der Waals surface area contributed by atoms with Crippen LogP contribution in [0.25, 0.3) is 21.3 Å². The summed E-state index contributed by atoms with van der Waals surface area (Å²) in [6, 6.07) is 10.5. The summed E-state index contributed by atoms with van der Waals surface area (Å²) >= 11 is 1.35. The second-order valence-electron chi connectivity index (χ2n) is 6.59. The first kappa shape index (κ1) is 17.6. The molecule has 0 spiro atoms. The van der Waals surface area contributed by atoms with E-state index in [2.05, 4.69) is 15.0 Å². The zero-order valence-electron chi connectivity index (χ0n) is 14.8. The minimum Gasteiger partial charge on any atom is -0.469 e. The van der Waals surface area contributed by atoms with Gasteiger partial charge in [0.2, 0.25) is 5.91 Å². The maximum Gasteiger partial charge on any atom is 0.309 e. The molecule has 1 amide bonds. The molecule has 5 nitrogen and oxygen atoms in total. The van der Waals surface area contributed by atoms with Crippen LogP contribution >= 0.6 is 11.3 Å². The number of nitrogens with zero attached hydrogens (tertiary/aromatic N) is 1. The fourth-order valence-corrected chi connectivity index (χ4v) is 4.08. The first-order chi connectivity index (χ1) is 13.0. The van der Waals surface area contributed by atoms with Gasteiger partial charge in [-0.3, -0.25) is 9.59 Å². The fourth-order valence-electron chi connectivity index (χ4n) is 3.23. The van der Waals surface area contributed by atoms with Crippen molar-refractivity contribution in [3.05, 3.63) is 47.8 Å². The lowest BCUT2D eigenvalue weighted by atomic mass is 10.00. The maximum atomic E-state index is 14.2. The smallest absolute Gasteiger partial charge is 0.309 e. The quantitative estimate of drug-likeness (QED) is 0.686. The van der Waals surface area contributed by atoms with Gasteiger partial charge in [0.1, 0.15) is 5.82 Å². The molecule has 0 bridgehead atoms. The Morgan fingerprint density at radius 1 is 1.26 bits per heavy atom. The molecule has 0 aliphatic heterocycles. The number of hydrogen-bond donors (Lipinski definition) is 1. The molecule has 2 atom stereocenters. The molecule has 1 N–H and O–H groups in total. The van der Waals surface area contributed by atoms with Crippen molar-refractivity contribution in [1.29, 1.82) is 0 Å². The van der Waals surface area contributed by atoms with Crippen molar-refractivity contribution in [2.24, 2.45) is 11.8 Å². The second kappa shape index (κ2) is 6.74. The zero-order chi connectivity index (χ0) is 19.1. The van der Waals surface area contributed by atoms with E-state index < -0.39 is 0 Å². The summed E-state index contributed by atoms with van der Waals surface area (Å²) in [5, 5.41) is 3.24. The van der Waals surface area contributed by atoms with Crippen LogP contribution in [0.15, 0.2) is 36.4 Å². The molecule has 3 aromatic rings. The number of carbonyl (C=O) groups excluding carboxylic acids is 2. The van der Waals surface area contributed by atoms with Gasteiger partial charge >= 0.3 is 5.97 Å². The molecule has 1 heterocycles. The van der Waals surface area contributed by atoms with Crippen molar-refractivity contribution in [2.45, 2.75) is 13.3 Å². The average molecular weight is 384 g/mol. The third-order valence-electron chi connectivity index (χ3n) is 4.76. The van der Waals surface area contributed by atoms with Crippen molar-refractivity contribution >= 4 is 38.6 Å². The zero-order valence-corrected chi connectivity index (χ0v) is 15.6. The Balaban J connectivity index is 1.57. The standard InChI is InChI=1S/C20H17FN2O3S/c1-10-4-3-5-14(21)17(10)11-6-7-16-15(8-11)22-20(27-16)23-18(24)12-9-13(12)19(25)26-2/h3-8,12-13H,9H2,1-2H3,(H,22,23,24)/t12-,13+/m0/s1. The number of thiazole rings is 1. The molecule has 0 saturated heterocycles. The van der Waals surface area contributed by atoms with E-state index in [4.69, 9.17) is 0 Å². The van der Waals surface area contributed by atoms with Gasteiger partial charge in [0.25, 0.3) is 0 Å². The maximum absolute atomic E-state index is 14.2. The van der Waals surface area contributed by atoms with Crippen molar-refractivity contribution in [3.8, 4) is 11.1 Å². The van der Waals surface area contributed by atoms with E-state index in [1.807, 2.05) is 31.2 Å². The Morgan fingerprint density at radius 3 is 2.81 bits per heavy atom.